The van der Waals surface area contributed by atoms with Crippen molar-refractivity contribution in [3.63, 3.8) is 0 Å². The van der Waals surface area contributed by atoms with Crippen LogP contribution in [0.5, 0.6) is 0 Å². The molecule has 0 atom stereocenters. The molecule has 5 nitrogen and oxygen atoms in total. The van der Waals surface area contributed by atoms with Gasteiger partial charge in [0.1, 0.15) is 0 Å². The van der Waals surface area contributed by atoms with Gasteiger partial charge in [0.05, 0.1) is 6.33 Å². The Labute approximate surface area is 161 Å². The molecule has 0 saturated heterocycles. The summed E-state index contributed by atoms with van der Waals surface area (Å²) in [7, 11) is 1.83. The van der Waals surface area contributed by atoms with E-state index in [0.717, 1.165) is 32.0 Å². The number of aryl methyl sites for hydroxylation is 1. The summed E-state index contributed by atoms with van der Waals surface area (Å²) in [4.78, 5) is 8.37. The smallest absolute Gasteiger partial charge is 0.191 e. The summed E-state index contributed by atoms with van der Waals surface area (Å²) < 4.78 is 2.09. The van der Waals surface area contributed by atoms with Gasteiger partial charge >= 0.3 is 0 Å². The number of aromatic nitrogens is 2. The van der Waals surface area contributed by atoms with E-state index >= 15 is 0 Å². The highest BCUT2D eigenvalue weighted by molar-refractivity contribution is 14.0. The number of hydrogen-bond donors (Lipinski definition) is 2. The van der Waals surface area contributed by atoms with Gasteiger partial charge in [0.25, 0.3) is 0 Å². The average molecular weight is 439 g/mol. The third-order valence-corrected chi connectivity index (χ3v) is 4.50. The summed E-state index contributed by atoms with van der Waals surface area (Å²) in [6.07, 6.45) is 9.20. The van der Waals surface area contributed by atoms with Crippen LogP contribution >= 0.6 is 24.0 Å². The van der Waals surface area contributed by atoms with Crippen LogP contribution in [0.3, 0.4) is 0 Å². The van der Waals surface area contributed by atoms with E-state index in [0.29, 0.717) is 5.41 Å². The van der Waals surface area contributed by atoms with Crippen LogP contribution in [0.25, 0.3) is 0 Å². The molecule has 2 aromatic rings. The number of benzene rings is 1. The molecule has 2 N–H and O–H groups in total. The Kier molecular flexibility index (Phi) is 7.08. The molecule has 0 unspecified atom stereocenters. The number of halogens is 1. The second-order valence-electron chi connectivity index (χ2n) is 6.15. The molecule has 0 amide bonds. The molecular formula is C18H26IN5. The molecule has 1 aliphatic carbocycles. The SMILES string of the molecule is CN=C(NCCCn1ccnc1)NCC1(c2ccccc2)CC1.I. The highest BCUT2D eigenvalue weighted by atomic mass is 127. The molecule has 1 aromatic carbocycles. The lowest BCUT2D eigenvalue weighted by Gasteiger charge is -2.19. The predicted octanol–water partition coefficient (Wildman–Crippen LogP) is 2.79. The van der Waals surface area contributed by atoms with E-state index in [9.17, 15) is 0 Å². The minimum atomic E-state index is 0. The van der Waals surface area contributed by atoms with Gasteiger partial charge in [-0.3, -0.25) is 4.99 Å². The minimum absolute atomic E-state index is 0. The first kappa shape index (κ1) is 18.8. The number of rotatable bonds is 7. The molecule has 1 aliphatic rings. The standard InChI is InChI=1S/C18H25N5.HI/c1-19-17(21-10-5-12-23-13-11-20-15-23)22-14-18(8-9-18)16-6-3-2-4-7-16;/h2-4,6-7,11,13,15H,5,8-10,12,14H2,1H3,(H2,19,21,22);1H. The van der Waals surface area contributed by atoms with Gasteiger partial charge in [0.2, 0.25) is 0 Å². The van der Waals surface area contributed by atoms with E-state index in [2.05, 4.69) is 55.5 Å². The summed E-state index contributed by atoms with van der Waals surface area (Å²) in [5.41, 5.74) is 1.73. The van der Waals surface area contributed by atoms with E-state index in [4.69, 9.17) is 0 Å². The van der Waals surface area contributed by atoms with Crippen LogP contribution in [0.15, 0.2) is 54.0 Å². The van der Waals surface area contributed by atoms with Crippen molar-refractivity contribution in [3.05, 3.63) is 54.6 Å². The van der Waals surface area contributed by atoms with Crippen molar-refractivity contribution in [1.82, 2.24) is 20.2 Å². The number of nitrogens with one attached hydrogen (secondary N) is 2. The van der Waals surface area contributed by atoms with Gasteiger partial charge in [-0.1, -0.05) is 30.3 Å². The molecule has 3 rings (SSSR count). The molecule has 24 heavy (non-hydrogen) atoms. The first-order chi connectivity index (χ1) is 11.3. The van der Waals surface area contributed by atoms with Gasteiger partial charge in [-0.05, 0) is 24.8 Å². The fourth-order valence-electron chi connectivity index (χ4n) is 2.87. The summed E-state index contributed by atoms with van der Waals surface area (Å²) >= 11 is 0. The van der Waals surface area contributed by atoms with Crippen LogP contribution < -0.4 is 10.6 Å². The number of aliphatic imine (C=N–C) groups is 1. The first-order valence-electron chi connectivity index (χ1n) is 8.28. The third kappa shape index (κ3) is 4.96. The van der Waals surface area contributed by atoms with Crippen molar-refractivity contribution in [3.8, 4) is 0 Å². The number of nitrogens with zero attached hydrogens (tertiary/aromatic N) is 3. The van der Waals surface area contributed by atoms with Gasteiger partial charge in [-0.25, -0.2) is 4.98 Å². The summed E-state index contributed by atoms with van der Waals surface area (Å²) in [5.74, 6) is 0.887. The first-order valence-corrected chi connectivity index (χ1v) is 8.28. The normalized spacial score (nSPS) is 15.5. The van der Waals surface area contributed by atoms with Crippen molar-refractivity contribution >= 4 is 29.9 Å². The second kappa shape index (κ2) is 9.05. The van der Waals surface area contributed by atoms with Crippen LogP contribution in [-0.2, 0) is 12.0 Å². The number of hydrogen-bond acceptors (Lipinski definition) is 2. The lowest BCUT2D eigenvalue weighted by molar-refractivity contribution is 0.612. The largest absolute Gasteiger partial charge is 0.356 e. The van der Waals surface area contributed by atoms with Gasteiger partial charge in [0, 0.05) is 44.5 Å². The maximum Gasteiger partial charge on any atom is 0.191 e. The third-order valence-electron chi connectivity index (χ3n) is 4.50. The summed E-state index contributed by atoms with van der Waals surface area (Å²) in [5, 5.41) is 6.87. The predicted molar refractivity (Wildman–Crippen MR) is 109 cm³/mol. The minimum Gasteiger partial charge on any atom is -0.356 e. The molecule has 6 heteroatoms. The zero-order chi connectivity index (χ0) is 16.0. The molecule has 1 saturated carbocycles. The molecule has 1 heterocycles. The Morgan fingerprint density at radius 1 is 1.25 bits per heavy atom. The van der Waals surface area contributed by atoms with Crippen molar-refractivity contribution in [1.29, 1.82) is 0 Å². The summed E-state index contributed by atoms with van der Waals surface area (Å²) in [6, 6.07) is 10.8. The van der Waals surface area contributed by atoms with E-state index in [1.807, 2.05) is 25.8 Å². The molecule has 0 aliphatic heterocycles. The fourth-order valence-corrected chi connectivity index (χ4v) is 2.87. The van der Waals surface area contributed by atoms with Crippen molar-refractivity contribution in [2.24, 2.45) is 4.99 Å². The topological polar surface area (TPSA) is 54.2 Å². The van der Waals surface area contributed by atoms with Crippen LogP contribution in [0.1, 0.15) is 24.8 Å². The van der Waals surface area contributed by atoms with Gasteiger partial charge in [0.15, 0.2) is 5.96 Å². The van der Waals surface area contributed by atoms with Gasteiger partial charge < -0.3 is 15.2 Å². The van der Waals surface area contributed by atoms with Crippen molar-refractivity contribution in [2.75, 3.05) is 20.1 Å². The Hall–Kier alpha value is -1.57. The second-order valence-corrected chi connectivity index (χ2v) is 6.15. The molecule has 1 fully saturated rings. The van der Waals surface area contributed by atoms with Gasteiger partial charge in [-0.15, -0.1) is 24.0 Å². The van der Waals surface area contributed by atoms with E-state index in [1.165, 1.54) is 18.4 Å². The highest BCUT2D eigenvalue weighted by Gasteiger charge is 2.43. The van der Waals surface area contributed by atoms with Crippen LogP contribution in [0, 0.1) is 0 Å². The maximum atomic E-state index is 4.32. The molecule has 1 aromatic heterocycles. The van der Waals surface area contributed by atoms with E-state index in [-0.39, 0.29) is 24.0 Å². The Balaban J connectivity index is 0.00000208. The maximum absolute atomic E-state index is 4.32. The highest BCUT2D eigenvalue weighted by Crippen LogP contribution is 2.47. The van der Waals surface area contributed by atoms with Crippen LogP contribution in [0.4, 0.5) is 0 Å². The molecular weight excluding hydrogens is 413 g/mol. The van der Waals surface area contributed by atoms with Crippen LogP contribution in [0.2, 0.25) is 0 Å². The van der Waals surface area contributed by atoms with Crippen LogP contribution in [-0.4, -0.2) is 35.6 Å². The van der Waals surface area contributed by atoms with Crippen molar-refractivity contribution in [2.45, 2.75) is 31.2 Å². The number of imidazole rings is 1. The van der Waals surface area contributed by atoms with Gasteiger partial charge in [-0.2, -0.15) is 0 Å². The molecule has 0 spiro atoms. The molecule has 130 valence electrons. The Morgan fingerprint density at radius 2 is 2.04 bits per heavy atom. The van der Waals surface area contributed by atoms with Crippen molar-refractivity contribution < 1.29 is 0 Å². The Morgan fingerprint density at radius 3 is 2.67 bits per heavy atom. The fraction of sp³-hybridized carbons (Fsp3) is 0.444. The quantitative estimate of drug-likeness (QED) is 0.302. The Bertz CT molecular complexity index is 620. The lowest BCUT2D eigenvalue weighted by Crippen LogP contribution is -2.41. The van der Waals surface area contributed by atoms with E-state index < -0.39 is 0 Å². The molecule has 0 bridgehead atoms. The monoisotopic (exact) mass is 439 g/mol. The van der Waals surface area contributed by atoms with E-state index in [1.54, 1.807) is 0 Å². The average Bonchev–Trinajstić information content (AvgIpc) is 3.21. The number of guanidine groups is 1. The zero-order valence-electron chi connectivity index (χ0n) is 14.1. The summed E-state index contributed by atoms with van der Waals surface area (Å²) in [6.45, 7) is 2.81. The lowest BCUT2D eigenvalue weighted by atomic mass is 9.96. The molecule has 0 radical (unpaired) electrons. The zero-order valence-corrected chi connectivity index (χ0v) is 16.4.